The summed E-state index contributed by atoms with van der Waals surface area (Å²) in [6.07, 6.45) is 8.17. The first kappa shape index (κ1) is 17.8. The van der Waals surface area contributed by atoms with Gasteiger partial charge >= 0.3 is 0 Å². The van der Waals surface area contributed by atoms with Crippen LogP contribution in [0.25, 0.3) is 10.9 Å². The molecule has 0 spiro atoms. The molecule has 140 valence electrons. The third-order valence-corrected chi connectivity index (χ3v) is 5.86. The van der Waals surface area contributed by atoms with Crippen LogP contribution in [0.2, 0.25) is 0 Å². The molecule has 1 saturated carbocycles. The molecule has 1 aliphatic rings. The molecule has 0 bridgehead atoms. The van der Waals surface area contributed by atoms with E-state index >= 15 is 0 Å². The average Bonchev–Trinajstić information content (AvgIpc) is 3.12. The molecule has 1 amide bonds. The van der Waals surface area contributed by atoms with Crippen molar-refractivity contribution >= 4 is 16.8 Å². The number of amides is 1. The third-order valence-electron chi connectivity index (χ3n) is 5.86. The second-order valence-corrected chi connectivity index (χ2v) is 7.81. The summed E-state index contributed by atoms with van der Waals surface area (Å²) in [6, 6.07) is 19.5. The molecule has 3 aromatic rings. The molecule has 0 saturated heterocycles. The first-order chi connectivity index (χ1) is 13.2. The molecule has 1 aromatic heterocycles. The maximum Gasteiger partial charge on any atom is 0.227 e. The van der Waals surface area contributed by atoms with E-state index in [1.807, 2.05) is 6.92 Å². The van der Waals surface area contributed by atoms with Crippen LogP contribution in [0, 0.1) is 0 Å². The van der Waals surface area contributed by atoms with Crippen LogP contribution in [0.3, 0.4) is 0 Å². The molecule has 1 N–H and O–H groups in total. The molecule has 1 heterocycles. The van der Waals surface area contributed by atoms with E-state index in [1.54, 1.807) is 0 Å². The number of hydrogen-bond donors (Lipinski definition) is 1. The van der Waals surface area contributed by atoms with Crippen LogP contribution >= 0.6 is 0 Å². The molecular formula is C24H28N2O. The summed E-state index contributed by atoms with van der Waals surface area (Å²) in [4.78, 5) is 12.6. The Morgan fingerprint density at radius 2 is 1.78 bits per heavy atom. The fourth-order valence-electron chi connectivity index (χ4n) is 4.11. The minimum atomic E-state index is -0.103. The van der Waals surface area contributed by atoms with Crippen molar-refractivity contribution in [2.45, 2.75) is 57.5 Å². The average molecular weight is 361 g/mol. The quantitative estimate of drug-likeness (QED) is 0.663. The lowest BCUT2D eigenvalue weighted by Gasteiger charge is -2.24. The number of para-hydroxylation sites is 1. The van der Waals surface area contributed by atoms with Gasteiger partial charge in [-0.3, -0.25) is 4.79 Å². The minimum absolute atomic E-state index is 0.103. The Bertz CT molecular complexity index is 904. The molecule has 3 heteroatoms. The SMILES string of the molecule is C[C@@H](C(=O)NC1CCCCC1)c1ccc(Cn2ccc3ccccc32)cc1. The highest BCUT2D eigenvalue weighted by molar-refractivity contribution is 5.83. The molecule has 4 rings (SSSR count). The lowest BCUT2D eigenvalue weighted by molar-refractivity contribution is -0.123. The van der Waals surface area contributed by atoms with Crippen molar-refractivity contribution in [1.82, 2.24) is 9.88 Å². The normalized spacial score (nSPS) is 16.3. The Balaban J connectivity index is 1.41. The summed E-state index contributed by atoms with van der Waals surface area (Å²) in [6.45, 7) is 2.85. The molecule has 0 radical (unpaired) electrons. The van der Waals surface area contributed by atoms with E-state index in [0.29, 0.717) is 6.04 Å². The fourth-order valence-corrected chi connectivity index (χ4v) is 4.11. The second-order valence-electron chi connectivity index (χ2n) is 7.81. The second kappa shape index (κ2) is 7.99. The summed E-state index contributed by atoms with van der Waals surface area (Å²) >= 11 is 0. The summed E-state index contributed by atoms with van der Waals surface area (Å²) in [7, 11) is 0. The Morgan fingerprint density at radius 1 is 1.04 bits per heavy atom. The zero-order valence-corrected chi connectivity index (χ0v) is 16.0. The molecule has 0 unspecified atom stereocenters. The van der Waals surface area contributed by atoms with Crippen molar-refractivity contribution in [2.24, 2.45) is 0 Å². The third kappa shape index (κ3) is 4.08. The number of aromatic nitrogens is 1. The Kier molecular flexibility index (Phi) is 5.28. The van der Waals surface area contributed by atoms with Crippen molar-refractivity contribution < 1.29 is 4.79 Å². The van der Waals surface area contributed by atoms with Gasteiger partial charge in [-0.05, 0) is 48.4 Å². The summed E-state index contributed by atoms with van der Waals surface area (Å²) in [5, 5.41) is 4.51. The number of nitrogens with zero attached hydrogens (tertiary/aromatic N) is 1. The van der Waals surface area contributed by atoms with Crippen LogP contribution in [-0.4, -0.2) is 16.5 Å². The molecule has 1 aliphatic carbocycles. The van der Waals surface area contributed by atoms with Crippen molar-refractivity contribution in [3.63, 3.8) is 0 Å². The zero-order chi connectivity index (χ0) is 18.6. The topological polar surface area (TPSA) is 34.0 Å². The van der Waals surface area contributed by atoms with Gasteiger partial charge in [0.1, 0.15) is 0 Å². The van der Waals surface area contributed by atoms with Gasteiger partial charge in [-0.1, -0.05) is 61.7 Å². The van der Waals surface area contributed by atoms with Gasteiger partial charge in [0.2, 0.25) is 5.91 Å². The molecule has 0 aliphatic heterocycles. The Hall–Kier alpha value is -2.55. The van der Waals surface area contributed by atoms with E-state index in [2.05, 4.69) is 70.7 Å². The Labute approximate surface area is 161 Å². The van der Waals surface area contributed by atoms with Gasteiger partial charge in [0.05, 0.1) is 5.92 Å². The first-order valence-corrected chi connectivity index (χ1v) is 10.1. The van der Waals surface area contributed by atoms with E-state index in [0.717, 1.165) is 24.9 Å². The number of carbonyl (C=O) groups excluding carboxylic acids is 1. The van der Waals surface area contributed by atoms with Gasteiger partial charge in [-0.25, -0.2) is 0 Å². The molecule has 27 heavy (non-hydrogen) atoms. The molecule has 2 aromatic carbocycles. The van der Waals surface area contributed by atoms with Gasteiger partial charge in [-0.15, -0.1) is 0 Å². The van der Waals surface area contributed by atoms with Crippen molar-refractivity contribution in [2.75, 3.05) is 0 Å². The lowest BCUT2D eigenvalue weighted by atomic mass is 9.93. The van der Waals surface area contributed by atoms with Crippen LogP contribution in [0.5, 0.6) is 0 Å². The number of rotatable bonds is 5. The first-order valence-electron chi connectivity index (χ1n) is 10.1. The highest BCUT2D eigenvalue weighted by atomic mass is 16.1. The fraction of sp³-hybridized carbons (Fsp3) is 0.375. The molecule has 3 nitrogen and oxygen atoms in total. The molecule has 1 fully saturated rings. The largest absolute Gasteiger partial charge is 0.353 e. The van der Waals surface area contributed by atoms with Gasteiger partial charge in [0.25, 0.3) is 0 Å². The van der Waals surface area contributed by atoms with E-state index in [1.165, 1.54) is 35.7 Å². The van der Waals surface area contributed by atoms with Crippen molar-refractivity contribution in [3.8, 4) is 0 Å². The van der Waals surface area contributed by atoms with E-state index in [-0.39, 0.29) is 11.8 Å². The van der Waals surface area contributed by atoms with Gasteiger partial charge in [-0.2, -0.15) is 0 Å². The monoisotopic (exact) mass is 360 g/mol. The standard InChI is InChI=1S/C24H28N2O/c1-18(24(27)25-22-8-3-2-4-9-22)20-13-11-19(12-14-20)17-26-16-15-21-7-5-6-10-23(21)26/h5-7,10-16,18,22H,2-4,8-9,17H2,1H3,(H,25,27)/t18-/m1/s1. The summed E-state index contributed by atoms with van der Waals surface area (Å²) < 4.78 is 2.27. The molecule has 1 atom stereocenters. The van der Waals surface area contributed by atoms with Crippen LogP contribution in [0.15, 0.2) is 60.8 Å². The number of benzene rings is 2. The number of hydrogen-bond acceptors (Lipinski definition) is 1. The Morgan fingerprint density at radius 3 is 2.56 bits per heavy atom. The number of carbonyl (C=O) groups is 1. The van der Waals surface area contributed by atoms with E-state index < -0.39 is 0 Å². The summed E-state index contributed by atoms with van der Waals surface area (Å²) in [5.74, 6) is 0.0550. The predicted molar refractivity (Wildman–Crippen MR) is 111 cm³/mol. The smallest absolute Gasteiger partial charge is 0.227 e. The van der Waals surface area contributed by atoms with Crippen LogP contribution in [-0.2, 0) is 11.3 Å². The van der Waals surface area contributed by atoms with E-state index in [9.17, 15) is 4.79 Å². The molecular weight excluding hydrogens is 332 g/mol. The summed E-state index contributed by atoms with van der Waals surface area (Å²) in [5.41, 5.74) is 3.59. The van der Waals surface area contributed by atoms with Gasteiger partial charge < -0.3 is 9.88 Å². The maximum atomic E-state index is 12.6. The van der Waals surface area contributed by atoms with Crippen molar-refractivity contribution in [1.29, 1.82) is 0 Å². The maximum absolute atomic E-state index is 12.6. The number of fused-ring (bicyclic) bond motifs is 1. The zero-order valence-electron chi connectivity index (χ0n) is 16.0. The van der Waals surface area contributed by atoms with Crippen LogP contribution in [0.4, 0.5) is 0 Å². The van der Waals surface area contributed by atoms with Gasteiger partial charge in [0.15, 0.2) is 0 Å². The van der Waals surface area contributed by atoms with Gasteiger partial charge in [0, 0.05) is 24.3 Å². The van der Waals surface area contributed by atoms with Crippen LogP contribution in [0.1, 0.15) is 56.1 Å². The van der Waals surface area contributed by atoms with E-state index in [4.69, 9.17) is 0 Å². The number of nitrogens with one attached hydrogen (secondary N) is 1. The highest BCUT2D eigenvalue weighted by Gasteiger charge is 2.20. The lowest BCUT2D eigenvalue weighted by Crippen LogP contribution is -2.38. The minimum Gasteiger partial charge on any atom is -0.353 e. The highest BCUT2D eigenvalue weighted by Crippen LogP contribution is 2.22. The van der Waals surface area contributed by atoms with Crippen LogP contribution < -0.4 is 5.32 Å². The van der Waals surface area contributed by atoms with Crippen molar-refractivity contribution in [3.05, 3.63) is 71.9 Å². The predicted octanol–water partition coefficient (Wildman–Crippen LogP) is 5.24.